The van der Waals surface area contributed by atoms with Crippen molar-refractivity contribution in [2.45, 2.75) is 25.2 Å². The van der Waals surface area contributed by atoms with Gasteiger partial charge in [-0.1, -0.05) is 6.07 Å². The van der Waals surface area contributed by atoms with E-state index in [9.17, 15) is 27.2 Å². The SMILES string of the molecule is O=C(O)C1Cc2cc(F)ccc2CN1C(=O)C(F)(F)F. The van der Waals surface area contributed by atoms with Crippen LogP contribution in [0.2, 0.25) is 0 Å². The number of rotatable bonds is 1. The van der Waals surface area contributed by atoms with E-state index in [1.807, 2.05) is 0 Å². The van der Waals surface area contributed by atoms with Crippen LogP contribution in [0, 0.1) is 5.82 Å². The summed E-state index contributed by atoms with van der Waals surface area (Å²) >= 11 is 0. The van der Waals surface area contributed by atoms with Crippen LogP contribution in [-0.2, 0) is 22.6 Å². The molecule has 1 amide bonds. The molecular formula is C12H9F4NO3. The Hall–Kier alpha value is -2.12. The van der Waals surface area contributed by atoms with Crippen molar-refractivity contribution in [1.29, 1.82) is 0 Å². The summed E-state index contributed by atoms with van der Waals surface area (Å²) in [5.41, 5.74) is 0.602. The van der Waals surface area contributed by atoms with Crippen LogP contribution in [-0.4, -0.2) is 34.1 Å². The molecular weight excluding hydrogens is 282 g/mol. The van der Waals surface area contributed by atoms with E-state index in [0.29, 0.717) is 11.1 Å². The summed E-state index contributed by atoms with van der Waals surface area (Å²) in [6, 6.07) is 1.72. The average molecular weight is 291 g/mol. The standard InChI is InChI=1S/C12H9F4NO3/c13-8-2-1-6-5-17(11(20)12(14,15)16)9(10(18)19)4-7(6)3-8/h1-3,9H,4-5H2,(H,18,19). The van der Waals surface area contributed by atoms with Gasteiger partial charge in [0.05, 0.1) is 0 Å². The molecule has 1 unspecified atom stereocenters. The lowest BCUT2D eigenvalue weighted by molar-refractivity contribution is -0.191. The van der Waals surface area contributed by atoms with E-state index < -0.39 is 36.5 Å². The Morgan fingerprint density at radius 2 is 1.90 bits per heavy atom. The van der Waals surface area contributed by atoms with Crippen molar-refractivity contribution < 1.29 is 32.3 Å². The minimum Gasteiger partial charge on any atom is -0.480 e. The summed E-state index contributed by atoms with van der Waals surface area (Å²) in [5.74, 6) is -4.37. The highest BCUT2D eigenvalue weighted by atomic mass is 19.4. The van der Waals surface area contributed by atoms with Crippen LogP contribution in [0.15, 0.2) is 18.2 Å². The number of hydrogen-bond acceptors (Lipinski definition) is 2. The third kappa shape index (κ3) is 2.59. The molecule has 1 aromatic rings. The number of hydrogen-bond donors (Lipinski definition) is 1. The highest BCUT2D eigenvalue weighted by Crippen LogP contribution is 2.28. The monoisotopic (exact) mass is 291 g/mol. The molecule has 0 aliphatic carbocycles. The lowest BCUT2D eigenvalue weighted by atomic mass is 9.93. The Bertz CT molecular complexity index is 570. The number of amides is 1. The zero-order chi connectivity index (χ0) is 15.1. The summed E-state index contributed by atoms with van der Waals surface area (Å²) in [4.78, 5) is 22.6. The normalized spacial score (nSPS) is 18.6. The Labute approximate surface area is 110 Å². The van der Waals surface area contributed by atoms with Gasteiger partial charge in [0, 0.05) is 13.0 Å². The summed E-state index contributed by atoms with van der Waals surface area (Å²) in [7, 11) is 0. The van der Waals surface area contributed by atoms with Gasteiger partial charge in [0.15, 0.2) is 0 Å². The van der Waals surface area contributed by atoms with E-state index in [1.54, 1.807) is 0 Å². The zero-order valence-corrected chi connectivity index (χ0v) is 9.95. The molecule has 108 valence electrons. The van der Waals surface area contributed by atoms with Crippen molar-refractivity contribution >= 4 is 11.9 Å². The van der Waals surface area contributed by atoms with Gasteiger partial charge in [0.2, 0.25) is 0 Å². The molecule has 4 nitrogen and oxygen atoms in total. The molecule has 1 N–H and O–H groups in total. The first-order valence-electron chi connectivity index (χ1n) is 5.58. The maximum Gasteiger partial charge on any atom is 0.471 e. The van der Waals surface area contributed by atoms with Crippen LogP contribution < -0.4 is 0 Å². The van der Waals surface area contributed by atoms with Gasteiger partial charge in [0.1, 0.15) is 11.9 Å². The first kappa shape index (κ1) is 14.3. The van der Waals surface area contributed by atoms with Crippen molar-refractivity contribution in [2.24, 2.45) is 0 Å². The molecule has 1 heterocycles. The predicted octanol–water partition coefficient (Wildman–Crippen LogP) is 1.73. The maximum absolute atomic E-state index is 13.1. The van der Waals surface area contributed by atoms with E-state index in [-0.39, 0.29) is 11.3 Å². The van der Waals surface area contributed by atoms with Crippen LogP contribution in [0.3, 0.4) is 0 Å². The van der Waals surface area contributed by atoms with Crippen LogP contribution in [0.5, 0.6) is 0 Å². The number of carbonyl (C=O) groups excluding carboxylic acids is 1. The lowest BCUT2D eigenvalue weighted by Crippen LogP contribution is -2.52. The van der Waals surface area contributed by atoms with Crippen molar-refractivity contribution in [3.8, 4) is 0 Å². The van der Waals surface area contributed by atoms with Gasteiger partial charge in [0.25, 0.3) is 0 Å². The second kappa shape index (κ2) is 4.77. The van der Waals surface area contributed by atoms with E-state index in [4.69, 9.17) is 5.11 Å². The van der Waals surface area contributed by atoms with Gasteiger partial charge in [-0.25, -0.2) is 9.18 Å². The molecule has 0 radical (unpaired) electrons. The highest BCUT2D eigenvalue weighted by molar-refractivity contribution is 5.87. The van der Waals surface area contributed by atoms with Crippen molar-refractivity contribution in [3.05, 3.63) is 35.1 Å². The summed E-state index contributed by atoms with van der Waals surface area (Å²) in [6.07, 6.45) is -5.50. The highest BCUT2D eigenvalue weighted by Gasteiger charge is 2.47. The average Bonchev–Trinajstić information content (AvgIpc) is 2.35. The lowest BCUT2D eigenvalue weighted by Gasteiger charge is -2.34. The Morgan fingerprint density at radius 3 is 2.45 bits per heavy atom. The van der Waals surface area contributed by atoms with Crippen LogP contribution in [0.4, 0.5) is 17.6 Å². The van der Waals surface area contributed by atoms with Crippen LogP contribution in [0.1, 0.15) is 11.1 Å². The second-order valence-electron chi connectivity index (χ2n) is 4.40. The molecule has 0 aromatic heterocycles. The van der Waals surface area contributed by atoms with Gasteiger partial charge in [-0.3, -0.25) is 4.79 Å². The molecule has 2 rings (SSSR count). The molecule has 8 heteroatoms. The minimum atomic E-state index is -5.15. The summed E-state index contributed by atoms with van der Waals surface area (Å²) in [6.45, 7) is -0.509. The van der Waals surface area contributed by atoms with Gasteiger partial charge < -0.3 is 10.0 Å². The van der Waals surface area contributed by atoms with Crippen molar-refractivity contribution in [3.63, 3.8) is 0 Å². The summed E-state index contributed by atoms with van der Waals surface area (Å²) < 4.78 is 50.5. The van der Waals surface area contributed by atoms with E-state index >= 15 is 0 Å². The first-order chi connectivity index (χ1) is 9.20. The van der Waals surface area contributed by atoms with Crippen molar-refractivity contribution in [1.82, 2.24) is 4.90 Å². The molecule has 1 aliphatic rings. The maximum atomic E-state index is 13.1. The van der Waals surface area contributed by atoms with Gasteiger partial charge >= 0.3 is 18.1 Å². The molecule has 0 saturated heterocycles. The number of aliphatic carboxylic acids is 1. The van der Waals surface area contributed by atoms with Gasteiger partial charge in [-0.2, -0.15) is 13.2 Å². The Morgan fingerprint density at radius 1 is 1.25 bits per heavy atom. The fourth-order valence-corrected chi connectivity index (χ4v) is 2.15. The topological polar surface area (TPSA) is 57.6 Å². The van der Waals surface area contributed by atoms with Crippen LogP contribution in [0.25, 0.3) is 0 Å². The van der Waals surface area contributed by atoms with E-state index in [1.165, 1.54) is 6.07 Å². The zero-order valence-electron chi connectivity index (χ0n) is 9.95. The Kier molecular flexibility index (Phi) is 3.41. The third-order valence-electron chi connectivity index (χ3n) is 3.09. The number of carbonyl (C=O) groups is 2. The van der Waals surface area contributed by atoms with Crippen LogP contribution >= 0.6 is 0 Å². The van der Waals surface area contributed by atoms with E-state index in [0.717, 1.165) is 12.1 Å². The number of carboxylic acid groups (broad SMARTS) is 1. The molecule has 0 spiro atoms. The molecule has 0 saturated carbocycles. The van der Waals surface area contributed by atoms with E-state index in [2.05, 4.69) is 0 Å². The predicted molar refractivity (Wildman–Crippen MR) is 58.1 cm³/mol. The molecule has 1 atom stereocenters. The smallest absolute Gasteiger partial charge is 0.471 e. The fraction of sp³-hybridized carbons (Fsp3) is 0.333. The number of nitrogens with zero attached hydrogens (tertiary/aromatic N) is 1. The molecule has 20 heavy (non-hydrogen) atoms. The summed E-state index contributed by atoms with van der Waals surface area (Å²) in [5, 5.41) is 8.96. The number of benzene rings is 1. The molecule has 1 aromatic carbocycles. The quantitative estimate of drug-likeness (QED) is 0.802. The molecule has 0 fully saturated rings. The number of halogens is 4. The van der Waals surface area contributed by atoms with Gasteiger partial charge in [-0.15, -0.1) is 0 Å². The third-order valence-corrected chi connectivity index (χ3v) is 3.09. The molecule has 1 aliphatic heterocycles. The molecule has 0 bridgehead atoms. The number of fused-ring (bicyclic) bond motifs is 1. The largest absolute Gasteiger partial charge is 0.480 e. The Balaban J connectivity index is 2.40. The number of carboxylic acids is 1. The first-order valence-corrected chi connectivity index (χ1v) is 5.58. The van der Waals surface area contributed by atoms with Gasteiger partial charge in [-0.05, 0) is 23.3 Å². The second-order valence-corrected chi connectivity index (χ2v) is 4.40. The fourth-order valence-electron chi connectivity index (χ4n) is 2.15. The van der Waals surface area contributed by atoms with Crippen molar-refractivity contribution in [2.75, 3.05) is 0 Å². The number of alkyl halides is 3. The minimum absolute atomic E-state index is 0.253.